The van der Waals surface area contributed by atoms with Gasteiger partial charge < -0.3 is 24.8 Å². The fourth-order valence-corrected chi connectivity index (χ4v) is 2.05. The molecule has 7 heteroatoms. The summed E-state index contributed by atoms with van der Waals surface area (Å²) in [5, 5.41) is 21.3. The summed E-state index contributed by atoms with van der Waals surface area (Å²) in [6.07, 6.45) is 2.00. The molecule has 0 aliphatic rings. The summed E-state index contributed by atoms with van der Waals surface area (Å²) < 4.78 is 6.71. The first-order valence-corrected chi connectivity index (χ1v) is 7.52. The number of nitrogens with zero attached hydrogens (tertiary/aromatic N) is 1. The van der Waals surface area contributed by atoms with Crippen LogP contribution in [0.4, 0.5) is 0 Å². The fourth-order valence-electron chi connectivity index (χ4n) is 2.05. The molecule has 0 bridgehead atoms. The van der Waals surface area contributed by atoms with Gasteiger partial charge in [-0.2, -0.15) is 0 Å². The molecule has 1 aromatic heterocycles. The molecular weight excluding hydrogens is 312 g/mol. The minimum absolute atomic E-state index is 0.0122. The van der Waals surface area contributed by atoms with Gasteiger partial charge in [-0.3, -0.25) is 9.59 Å². The van der Waals surface area contributed by atoms with Crippen molar-refractivity contribution < 1.29 is 19.7 Å². The summed E-state index contributed by atoms with van der Waals surface area (Å²) >= 11 is 0. The Hall–Kier alpha value is -2.80. The zero-order chi connectivity index (χ0) is 17.5. The van der Waals surface area contributed by atoms with E-state index in [-0.39, 0.29) is 12.2 Å². The van der Waals surface area contributed by atoms with Crippen LogP contribution in [0.15, 0.2) is 41.3 Å². The zero-order valence-corrected chi connectivity index (χ0v) is 13.4. The first-order chi connectivity index (χ1) is 11.5. The van der Waals surface area contributed by atoms with Crippen LogP contribution in [0.25, 0.3) is 0 Å². The number of hydrogen-bond acceptors (Lipinski definition) is 5. The molecule has 0 spiro atoms. The molecule has 128 valence electrons. The van der Waals surface area contributed by atoms with E-state index < -0.39 is 17.2 Å². The highest BCUT2D eigenvalue weighted by atomic mass is 16.5. The Morgan fingerprint density at radius 2 is 1.96 bits per heavy atom. The minimum Gasteiger partial charge on any atom is -0.502 e. The second kappa shape index (κ2) is 8.16. The van der Waals surface area contributed by atoms with Crippen LogP contribution in [0.1, 0.15) is 22.3 Å². The summed E-state index contributed by atoms with van der Waals surface area (Å²) in [6, 6.07) is 8.47. The maximum absolute atomic E-state index is 11.9. The van der Waals surface area contributed by atoms with Crippen molar-refractivity contribution in [1.29, 1.82) is 0 Å². The maximum atomic E-state index is 11.9. The number of rotatable bonds is 7. The number of hydrogen-bond donors (Lipinski definition) is 3. The molecule has 0 saturated heterocycles. The standard InChI is InChI=1S/C17H20N2O5/c1-19-9-7-14(15(21)17(19)23)16(22)18-8-2-10-24-13-5-3-12(11-20)4-6-13/h3-7,9,20-21H,2,8,10-11H2,1H3,(H,18,22). The Labute approximate surface area is 139 Å². The van der Waals surface area contributed by atoms with Crippen LogP contribution in [0.2, 0.25) is 0 Å². The number of nitrogens with one attached hydrogen (secondary N) is 1. The predicted molar refractivity (Wildman–Crippen MR) is 88.2 cm³/mol. The smallest absolute Gasteiger partial charge is 0.293 e. The molecule has 1 heterocycles. The monoisotopic (exact) mass is 332 g/mol. The highest BCUT2D eigenvalue weighted by molar-refractivity contribution is 5.96. The van der Waals surface area contributed by atoms with Crippen molar-refractivity contribution in [3.05, 3.63) is 58.0 Å². The Kier molecular flexibility index (Phi) is 5.97. The Morgan fingerprint density at radius 1 is 1.25 bits per heavy atom. The van der Waals surface area contributed by atoms with Crippen LogP contribution >= 0.6 is 0 Å². The van der Waals surface area contributed by atoms with E-state index in [1.807, 2.05) is 0 Å². The number of carbonyl (C=O) groups excluding carboxylic acids is 1. The minimum atomic E-state index is -0.614. The number of pyridine rings is 1. The largest absolute Gasteiger partial charge is 0.502 e. The average molecular weight is 332 g/mol. The highest BCUT2D eigenvalue weighted by Gasteiger charge is 2.14. The molecule has 2 rings (SSSR count). The molecule has 1 amide bonds. The van der Waals surface area contributed by atoms with Crippen molar-refractivity contribution in [2.24, 2.45) is 7.05 Å². The van der Waals surface area contributed by atoms with E-state index in [1.165, 1.54) is 23.9 Å². The van der Waals surface area contributed by atoms with Gasteiger partial charge in [0.05, 0.1) is 18.8 Å². The number of aliphatic hydroxyl groups excluding tert-OH is 1. The van der Waals surface area contributed by atoms with E-state index in [0.717, 1.165) is 5.56 Å². The second-order valence-electron chi connectivity index (χ2n) is 5.25. The van der Waals surface area contributed by atoms with Gasteiger partial charge in [-0.15, -0.1) is 0 Å². The quantitative estimate of drug-likeness (QED) is 0.651. The van der Waals surface area contributed by atoms with Crippen LogP contribution in [0.5, 0.6) is 11.5 Å². The number of ether oxygens (including phenoxy) is 1. The third-order valence-corrected chi connectivity index (χ3v) is 3.47. The summed E-state index contributed by atoms with van der Waals surface area (Å²) in [4.78, 5) is 23.5. The van der Waals surface area contributed by atoms with Gasteiger partial charge in [-0.05, 0) is 30.2 Å². The van der Waals surface area contributed by atoms with Gasteiger partial charge in [-0.1, -0.05) is 12.1 Å². The van der Waals surface area contributed by atoms with Crippen molar-refractivity contribution >= 4 is 5.91 Å². The van der Waals surface area contributed by atoms with Crippen molar-refractivity contribution in [2.75, 3.05) is 13.2 Å². The van der Waals surface area contributed by atoms with E-state index in [9.17, 15) is 14.7 Å². The Balaban J connectivity index is 1.77. The number of aromatic hydroxyl groups is 1. The van der Waals surface area contributed by atoms with Crippen molar-refractivity contribution in [3.63, 3.8) is 0 Å². The van der Waals surface area contributed by atoms with Crippen LogP contribution < -0.4 is 15.6 Å². The first-order valence-electron chi connectivity index (χ1n) is 7.52. The molecular formula is C17H20N2O5. The average Bonchev–Trinajstić information content (AvgIpc) is 2.60. The lowest BCUT2D eigenvalue weighted by Gasteiger charge is -2.09. The van der Waals surface area contributed by atoms with Crippen LogP contribution in [0, 0.1) is 0 Å². The number of aliphatic hydroxyl groups is 1. The van der Waals surface area contributed by atoms with Crippen molar-refractivity contribution in [2.45, 2.75) is 13.0 Å². The van der Waals surface area contributed by atoms with E-state index in [4.69, 9.17) is 9.84 Å². The van der Waals surface area contributed by atoms with Gasteiger partial charge in [0.2, 0.25) is 0 Å². The fraction of sp³-hybridized carbons (Fsp3) is 0.294. The molecule has 3 N–H and O–H groups in total. The highest BCUT2D eigenvalue weighted by Crippen LogP contribution is 2.12. The molecule has 0 aliphatic carbocycles. The topological polar surface area (TPSA) is 101 Å². The van der Waals surface area contributed by atoms with Gasteiger partial charge >= 0.3 is 0 Å². The van der Waals surface area contributed by atoms with Crippen molar-refractivity contribution in [3.8, 4) is 11.5 Å². The normalized spacial score (nSPS) is 10.4. The Morgan fingerprint density at radius 3 is 2.62 bits per heavy atom. The molecule has 0 atom stereocenters. The molecule has 0 unspecified atom stereocenters. The third kappa shape index (κ3) is 4.36. The number of carbonyl (C=O) groups is 1. The number of aryl methyl sites for hydroxylation is 1. The van der Waals surface area contributed by atoms with Crippen molar-refractivity contribution in [1.82, 2.24) is 9.88 Å². The Bertz CT molecular complexity index is 753. The summed E-state index contributed by atoms with van der Waals surface area (Å²) in [5.74, 6) is -0.377. The van der Waals surface area contributed by atoms with Gasteiger partial charge in [-0.25, -0.2) is 0 Å². The number of amides is 1. The van der Waals surface area contributed by atoms with Gasteiger partial charge in [0.1, 0.15) is 5.75 Å². The molecule has 0 saturated carbocycles. The summed E-state index contributed by atoms with van der Waals surface area (Å²) in [7, 11) is 1.49. The maximum Gasteiger partial charge on any atom is 0.293 e. The lowest BCUT2D eigenvalue weighted by atomic mass is 10.2. The van der Waals surface area contributed by atoms with Crippen LogP contribution in [-0.4, -0.2) is 33.8 Å². The summed E-state index contributed by atoms with van der Waals surface area (Å²) in [6.45, 7) is 0.741. The third-order valence-electron chi connectivity index (χ3n) is 3.47. The van der Waals surface area contributed by atoms with E-state index >= 15 is 0 Å². The lowest BCUT2D eigenvalue weighted by Crippen LogP contribution is -2.28. The first kappa shape index (κ1) is 17.6. The molecule has 1 aromatic carbocycles. The second-order valence-corrected chi connectivity index (χ2v) is 5.25. The molecule has 7 nitrogen and oxygen atoms in total. The van der Waals surface area contributed by atoms with Crippen LogP contribution in [0.3, 0.4) is 0 Å². The molecule has 0 radical (unpaired) electrons. The lowest BCUT2D eigenvalue weighted by molar-refractivity contribution is 0.0948. The van der Waals surface area contributed by atoms with E-state index in [0.29, 0.717) is 25.3 Å². The van der Waals surface area contributed by atoms with Crippen LogP contribution in [-0.2, 0) is 13.7 Å². The zero-order valence-electron chi connectivity index (χ0n) is 13.4. The predicted octanol–water partition coefficient (Wildman–Crippen LogP) is 0.782. The van der Waals surface area contributed by atoms with Gasteiger partial charge in [0.15, 0.2) is 5.75 Å². The molecule has 2 aromatic rings. The SMILES string of the molecule is Cn1ccc(C(=O)NCCCOc2ccc(CO)cc2)c(O)c1=O. The molecule has 24 heavy (non-hydrogen) atoms. The van der Waals surface area contributed by atoms with E-state index in [2.05, 4.69) is 5.32 Å². The molecule has 0 fully saturated rings. The number of benzene rings is 1. The van der Waals surface area contributed by atoms with Gasteiger partial charge in [0, 0.05) is 19.8 Å². The molecule has 0 aliphatic heterocycles. The number of aromatic nitrogens is 1. The van der Waals surface area contributed by atoms with Gasteiger partial charge in [0.25, 0.3) is 11.5 Å². The summed E-state index contributed by atoms with van der Waals surface area (Å²) in [5.41, 5.74) is 0.152. The van der Waals surface area contributed by atoms with E-state index in [1.54, 1.807) is 24.3 Å².